The summed E-state index contributed by atoms with van der Waals surface area (Å²) in [5, 5.41) is 8.23. The SMILES string of the molecule is Cc1ccc(S(=O)(=O)C2CCC(CCc3ccc(C#N)cc3)CCc3ccc(F)cc32)cc1. The van der Waals surface area contributed by atoms with Crippen LogP contribution < -0.4 is 0 Å². The number of nitrogens with zero attached hydrogens (tertiary/aromatic N) is 1. The van der Waals surface area contributed by atoms with E-state index in [9.17, 15) is 12.8 Å². The third kappa shape index (κ3) is 5.34. The molecule has 0 saturated carbocycles. The fraction of sp³-hybridized carbons (Fsp3) is 0.321. The van der Waals surface area contributed by atoms with Gasteiger partial charge in [0.25, 0.3) is 0 Å². The molecule has 2 unspecified atom stereocenters. The first kappa shape index (κ1) is 23.2. The molecular formula is C28H28FNO2S. The molecule has 4 rings (SSSR count). The van der Waals surface area contributed by atoms with Gasteiger partial charge in [0.1, 0.15) is 5.82 Å². The number of halogens is 1. The van der Waals surface area contributed by atoms with Gasteiger partial charge < -0.3 is 0 Å². The van der Waals surface area contributed by atoms with Gasteiger partial charge in [-0.1, -0.05) is 35.9 Å². The molecule has 5 heteroatoms. The summed E-state index contributed by atoms with van der Waals surface area (Å²) in [4.78, 5) is 0.294. The molecule has 0 amide bonds. The summed E-state index contributed by atoms with van der Waals surface area (Å²) < 4.78 is 41.4. The van der Waals surface area contributed by atoms with Crippen molar-refractivity contribution in [2.45, 2.75) is 55.6 Å². The first-order chi connectivity index (χ1) is 15.9. The number of nitriles is 1. The van der Waals surface area contributed by atoms with Crippen LogP contribution >= 0.6 is 0 Å². The maximum Gasteiger partial charge on any atom is 0.185 e. The van der Waals surface area contributed by atoms with Gasteiger partial charge in [0.05, 0.1) is 21.8 Å². The van der Waals surface area contributed by atoms with E-state index in [4.69, 9.17) is 5.26 Å². The molecule has 3 aromatic carbocycles. The zero-order valence-corrected chi connectivity index (χ0v) is 19.6. The summed E-state index contributed by atoms with van der Waals surface area (Å²) in [6.45, 7) is 1.93. The van der Waals surface area contributed by atoms with E-state index in [-0.39, 0.29) is 0 Å². The normalized spacial score (nSPS) is 18.6. The minimum Gasteiger partial charge on any atom is -0.223 e. The van der Waals surface area contributed by atoms with E-state index in [0.29, 0.717) is 28.4 Å². The molecule has 1 aliphatic rings. The monoisotopic (exact) mass is 461 g/mol. The van der Waals surface area contributed by atoms with Gasteiger partial charge in [-0.2, -0.15) is 5.26 Å². The van der Waals surface area contributed by atoms with Gasteiger partial charge in [-0.25, -0.2) is 12.8 Å². The van der Waals surface area contributed by atoms with E-state index in [1.54, 1.807) is 18.2 Å². The second-order valence-electron chi connectivity index (χ2n) is 9.02. The summed E-state index contributed by atoms with van der Waals surface area (Å²) in [6, 6.07) is 21.3. The Morgan fingerprint density at radius 2 is 1.70 bits per heavy atom. The van der Waals surface area contributed by atoms with Gasteiger partial charge in [-0.05, 0) is 104 Å². The van der Waals surface area contributed by atoms with Crippen LogP contribution in [0.15, 0.2) is 71.6 Å². The molecule has 170 valence electrons. The molecule has 0 bridgehead atoms. The highest BCUT2D eigenvalue weighted by Gasteiger charge is 2.33. The number of aryl methyl sites for hydroxylation is 3. The number of fused-ring (bicyclic) bond motifs is 1. The van der Waals surface area contributed by atoms with Gasteiger partial charge in [-0.3, -0.25) is 0 Å². The minimum atomic E-state index is -3.64. The summed E-state index contributed by atoms with van der Waals surface area (Å²) >= 11 is 0. The smallest absolute Gasteiger partial charge is 0.185 e. The average Bonchev–Trinajstić information content (AvgIpc) is 2.80. The third-order valence-corrected chi connectivity index (χ3v) is 8.93. The van der Waals surface area contributed by atoms with Crippen LogP contribution in [-0.2, 0) is 22.7 Å². The maximum absolute atomic E-state index is 14.2. The van der Waals surface area contributed by atoms with Crippen LogP contribution in [0.25, 0.3) is 0 Å². The van der Waals surface area contributed by atoms with E-state index < -0.39 is 20.9 Å². The standard InChI is InChI=1S/C28H28FNO2S/c1-20-2-15-26(16-3-20)33(31,32)28-17-11-22(5-4-21-6-8-23(19-30)9-7-21)10-12-24-13-14-25(29)18-27(24)28/h2-3,6-9,13-16,18,22,28H,4-5,10-12,17H2,1H3. The van der Waals surface area contributed by atoms with Crippen LogP contribution in [0.4, 0.5) is 4.39 Å². The minimum absolute atomic E-state index is 0.294. The predicted molar refractivity (Wildman–Crippen MR) is 128 cm³/mol. The zero-order chi connectivity index (χ0) is 23.4. The van der Waals surface area contributed by atoms with E-state index in [0.717, 1.165) is 43.2 Å². The van der Waals surface area contributed by atoms with Gasteiger partial charge in [0, 0.05) is 0 Å². The average molecular weight is 462 g/mol. The molecule has 0 fully saturated rings. The maximum atomic E-state index is 14.2. The molecule has 0 N–H and O–H groups in total. The van der Waals surface area contributed by atoms with Crippen molar-refractivity contribution in [1.82, 2.24) is 0 Å². The Balaban J connectivity index is 1.59. The van der Waals surface area contributed by atoms with Crippen LogP contribution in [0, 0.1) is 30.0 Å². The fourth-order valence-electron chi connectivity index (χ4n) is 4.76. The van der Waals surface area contributed by atoms with Crippen LogP contribution in [-0.4, -0.2) is 8.42 Å². The Bertz CT molecular complexity index is 1260. The summed E-state index contributed by atoms with van der Waals surface area (Å²) in [5.41, 5.74) is 4.38. The van der Waals surface area contributed by atoms with E-state index in [1.165, 1.54) is 17.7 Å². The zero-order valence-electron chi connectivity index (χ0n) is 18.8. The topological polar surface area (TPSA) is 57.9 Å². The molecule has 3 nitrogen and oxygen atoms in total. The van der Waals surface area contributed by atoms with Crippen molar-refractivity contribution < 1.29 is 12.8 Å². The molecule has 33 heavy (non-hydrogen) atoms. The van der Waals surface area contributed by atoms with Gasteiger partial charge in [-0.15, -0.1) is 0 Å². The highest BCUT2D eigenvalue weighted by Crippen LogP contribution is 2.40. The van der Waals surface area contributed by atoms with Crippen LogP contribution in [0.3, 0.4) is 0 Å². The highest BCUT2D eigenvalue weighted by atomic mass is 32.2. The lowest BCUT2D eigenvalue weighted by molar-refractivity contribution is 0.394. The summed E-state index contributed by atoms with van der Waals surface area (Å²) in [6.07, 6.45) is 4.80. The van der Waals surface area contributed by atoms with Crippen molar-refractivity contribution in [2.24, 2.45) is 5.92 Å². The first-order valence-electron chi connectivity index (χ1n) is 11.4. The molecule has 0 radical (unpaired) electrons. The summed E-state index contributed by atoms with van der Waals surface area (Å²) in [7, 11) is -3.64. The van der Waals surface area contributed by atoms with Crippen molar-refractivity contribution >= 4 is 9.84 Å². The number of benzene rings is 3. The quantitative estimate of drug-likeness (QED) is 0.436. The Morgan fingerprint density at radius 3 is 2.39 bits per heavy atom. The highest BCUT2D eigenvalue weighted by molar-refractivity contribution is 7.91. The van der Waals surface area contributed by atoms with Crippen LogP contribution in [0.1, 0.15) is 58.8 Å². The molecule has 2 atom stereocenters. The largest absolute Gasteiger partial charge is 0.223 e. The van der Waals surface area contributed by atoms with Crippen LogP contribution in [0.5, 0.6) is 0 Å². The second-order valence-corrected chi connectivity index (χ2v) is 11.1. The van der Waals surface area contributed by atoms with E-state index >= 15 is 0 Å². The number of rotatable bonds is 5. The molecule has 0 spiro atoms. The van der Waals surface area contributed by atoms with Gasteiger partial charge in [0.2, 0.25) is 0 Å². The second kappa shape index (κ2) is 9.89. The fourth-order valence-corrected chi connectivity index (χ4v) is 6.60. The Labute approximate surface area is 195 Å². The Hall–Kier alpha value is -2.97. The molecule has 0 saturated heterocycles. The molecule has 3 aromatic rings. The molecular weight excluding hydrogens is 433 g/mol. The summed E-state index contributed by atoms with van der Waals surface area (Å²) in [5.74, 6) is -0.00893. The van der Waals surface area contributed by atoms with Crippen molar-refractivity contribution in [2.75, 3.05) is 0 Å². The molecule has 0 aromatic heterocycles. The number of hydrogen-bond acceptors (Lipinski definition) is 3. The van der Waals surface area contributed by atoms with E-state index in [1.807, 2.05) is 43.3 Å². The Morgan fingerprint density at radius 1 is 0.970 bits per heavy atom. The predicted octanol–water partition coefficient (Wildman–Crippen LogP) is 6.50. The lowest BCUT2D eigenvalue weighted by Gasteiger charge is -2.27. The third-order valence-electron chi connectivity index (χ3n) is 6.76. The van der Waals surface area contributed by atoms with Crippen molar-refractivity contribution in [1.29, 1.82) is 5.26 Å². The number of hydrogen-bond donors (Lipinski definition) is 0. The number of sulfone groups is 1. The molecule has 0 heterocycles. The molecule has 1 aliphatic carbocycles. The van der Waals surface area contributed by atoms with Gasteiger partial charge >= 0.3 is 0 Å². The molecule has 0 aliphatic heterocycles. The van der Waals surface area contributed by atoms with Crippen molar-refractivity contribution in [3.63, 3.8) is 0 Å². The first-order valence-corrected chi connectivity index (χ1v) is 13.0. The van der Waals surface area contributed by atoms with E-state index in [2.05, 4.69) is 6.07 Å². The lowest BCUT2D eigenvalue weighted by Crippen LogP contribution is -2.20. The Kier molecular flexibility index (Phi) is 6.95. The lowest BCUT2D eigenvalue weighted by atomic mass is 9.84. The van der Waals surface area contributed by atoms with Gasteiger partial charge in [0.15, 0.2) is 9.84 Å². The van der Waals surface area contributed by atoms with Crippen molar-refractivity contribution in [3.8, 4) is 6.07 Å². The van der Waals surface area contributed by atoms with Crippen molar-refractivity contribution in [3.05, 3.63) is 100 Å². The van der Waals surface area contributed by atoms with Crippen LogP contribution in [0.2, 0.25) is 0 Å².